The zero-order valence-corrected chi connectivity index (χ0v) is 13.3. The van der Waals surface area contributed by atoms with E-state index in [-0.39, 0.29) is 5.91 Å². The van der Waals surface area contributed by atoms with Gasteiger partial charge >= 0.3 is 0 Å². The fraction of sp³-hybridized carbons (Fsp3) is 0.125. The summed E-state index contributed by atoms with van der Waals surface area (Å²) >= 11 is 12.0. The van der Waals surface area contributed by atoms with Crippen molar-refractivity contribution >= 4 is 34.8 Å². The minimum atomic E-state index is -0.202. The van der Waals surface area contributed by atoms with Crippen LogP contribution in [0.1, 0.15) is 21.7 Å². The Bertz CT molecular complexity index is 858. The van der Waals surface area contributed by atoms with Crippen molar-refractivity contribution in [3.05, 3.63) is 69.6 Å². The molecular weight excluding hydrogens is 321 g/mol. The molecular formula is C16H13Cl2N3O. The lowest BCUT2D eigenvalue weighted by Crippen LogP contribution is -2.25. The average Bonchev–Trinajstić information content (AvgIpc) is 2.81. The van der Waals surface area contributed by atoms with Gasteiger partial charge in [-0.15, -0.1) is 0 Å². The van der Waals surface area contributed by atoms with Gasteiger partial charge < -0.3 is 5.32 Å². The predicted octanol–water partition coefficient (Wildman–Crippen LogP) is 3.88. The van der Waals surface area contributed by atoms with Gasteiger partial charge in [0.05, 0.1) is 5.69 Å². The molecule has 0 aliphatic carbocycles. The normalized spacial score (nSPS) is 10.9. The molecule has 6 heteroatoms. The summed E-state index contributed by atoms with van der Waals surface area (Å²) in [5.41, 5.74) is 2.66. The van der Waals surface area contributed by atoms with Gasteiger partial charge in [-0.1, -0.05) is 41.4 Å². The van der Waals surface area contributed by atoms with Crippen molar-refractivity contribution in [1.29, 1.82) is 0 Å². The Morgan fingerprint density at radius 3 is 2.82 bits per heavy atom. The predicted molar refractivity (Wildman–Crippen MR) is 87.6 cm³/mol. The summed E-state index contributed by atoms with van der Waals surface area (Å²) in [4.78, 5) is 16.8. The maximum absolute atomic E-state index is 12.5. The Balaban J connectivity index is 1.86. The highest BCUT2D eigenvalue weighted by Gasteiger charge is 2.16. The standard InChI is InChI=1S/C16H13Cl2N3O/c1-10-15(21-7-6-12(17)8-14(21)20-10)16(22)19-9-11-4-2-3-5-13(11)18/h2-8H,9H2,1H3,(H,19,22). The molecule has 4 nitrogen and oxygen atoms in total. The van der Waals surface area contributed by atoms with Crippen molar-refractivity contribution in [2.75, 3.05) is 0 Å². The first-order chi connectivity index (χ1) is 10.6. The van der Waals surface area contributed by atoms with Crippen molar-refractivity contribution in [3.63, 3.8) is 0 Å². The highest BCUT2D eigenvalue weighted by Crippen LogP contribution is 2.18. The van der Waals surface area contributed by atoms with Crippen LogP contribution in [0.15, 0.2) is 42.6 Å². The number of aromatic nitrogens is 2. The Labute approximate surface area is 137 Å². The maximum Gasteiger partial charge on any atom is 0.270 e. The number of carbonyl (C=O) groups excluding carboxylic acids is 1. The average molecular weight is 334 g/mol. The van der Waals surface area contributed by atoms with Crippen LogP contribution in [0.4, 0.5) is 0 Å². The van der Waals surface area contributed by atoms with Crippen LogP contribution in [0.3, 0.4) is 0 Å². The lowest BCUT2D eigenvalue weighted by molar-refractivity contribution is 0.0944. The number of rotatable bonds is 3. The topological polar surface area (TPSA) is 46.4 Å². The van der Waals surface area contributed by atoms with E-state index in [0.717, 1.165) is 5.56 Å². The van der Waals surface area contributed by atoms with E-state index in [4.69, 9.17) is 23.2 Å². The summed E-state index contributed by atoms with van der Waals surface area (Å²) < 4.78 is 1.73. The van der Waals surface area contributed by atoms with Gasteiger partial charge in [-0.2, -0.15) is 0 Å². The van der Waals surface area contributed by atoms with Gasteiger partial charge in [0.25, 0.3) is 5.91 Å². The molecule has 1 aromatic carbocycles. The van der Waals surface area contributed by atoms with Gasteiger partial charge in [-0.05, 0) is 24.6 Å². The summed E-state index contributed by atoms with van der Waals surface area (Å²) in [7, 11) is 0. The Morgan fingerprint density at radius 2 is 2.05 bits per heavy atom. The number of nitrogens with one attached hydrogen (secondary N) is 1. The van der Waals surface area contributed by atoms with E-state index in [0.29, 0.717) is 33.6 Å². The molecule has 2 aromatic heterocycles. The molecule has 0 aliphatic rings. The molecule has 0 aliphatic heterocycles. The van der Waals surface area contributed by atoms with E-state index in [1.807, 2.05) is 18.2 Å². The molecule has 22 heavy (non-hydrogen) atoms. The van der Waals surface area contributed by atoms with Gasteiger partial charge in [0, 0.05) is 28.9 Å². The number of hydrogen-bond donors (Lipinski definition) is 1. The number of amides is 1. The third-order valence-corrected chi connectivity index (χ3v) is 3.98. The van der Waals surface area contributed by atoms with E-state index < -0.39 is 0 Å². The first-order valence-electron chi connectivity index (χ1n) is 6.72. The summed E-state index contributed by atoms with van der Waals surface area (Å²) in [6.07, 6.45) is 1.74. The molecule has 0 radical (unpaired) electrons. The van der Waals surface area contributed by atoms with Gasteiger partial charge in [0.15, 0.2) is 0 Å². The second kappa shape index (κ2) is 5.99. The second-order valence-electron chi connectivity index (χ2n) is 4.89. The van der Waals surface area contributed by atoms with Crippen molar-refractivity contribution in [2.45, 2.75) is 13.5 Å². The molecule has 0 unspecified atom stereocenters. The van der Waals surface area contributed by atoms with E-state index in [1.165, 1.54) is 0 Å². The molecule has 0 bridgehead atoms. The summed E-state index contributed by atoms with van der Waals surface area (Å²) in [5, 5.41) is 4.09. The van der Waals surface area contributed by atoms with E-state index in [1.54, 1.807) is 35.7 Å². The Hall–Kier alpha value is -2.04. The highest BCUT2D eigenvalue weighted by atomic mass is 35.5. The van der Waals surface area contributed by atoms with Crippen LogP contribution < -0.4 is 5.32 Å². The Morgan fingerprint density at radius 1 is 1.27 bits per heavy atom. The number of pyridine rings is 1. The smallest absolute Gasteiger partial charge is 0.270 e. The molecule has 3 aromatic rings. The SMILES string of the molecule is Cc1nc2cc(Cl)ccn2c1C(=O)NCc1ccccc1Cl. The second-order valence-corrected chi connectivity index (χ2v) is 5.74. The van der Waals surface area contributed by atoms with Crippen LogP contribution in [0.2, 0.25) is 10.0 Å². The minimum absolute atomic E-state index is 0.202. The fourth-order valence-electron chi connectivity index (χ4n) is 2.31. The van der Waals surface area contributed by atoms with Crippen LogP contribution >= 0.6 is 23.2 Å². The third kappa shape index (κ3) is 2.80. The lowest BCUT2D eigenvalue weighted by atomic mass is 10.2. The molecule has 0 fully saturated rings. The van der Waals surface area contributed by atoms with Gasteiger partial charge in [0.2, 0.25) is 0 Å². The number of carbonyl (C=O) groups is 1. The minimum Gasteiger partial charge on any atom is -0.347 e. The molecule has 1 N–H and O–H groups in total. The van der Waals surface area contributed by atoms with Crippen LogP contribution in [0, 0.1) is 6.92 Å². The summed E-state index contributed by atoms with van der Waals surface area (Å²) in [5.74, 6) is -0.202. The number of hydrogen-bond acceptors (Lipinski definition) is 2. The highest BCUT2D eigenvalue weighted by molar-refractivity contribution is 6.31. The fourth-order valence-corrected chi connectivity index (χ4v) is 2.67. The van der Waals surface area contributed by atoms with Gasteiger partial charge in [-0.3, -0.25) is 9.20 Å². The van der Waals surface area contributed by atoms with Crippen LogP contribution in [-0.2, 0) is 6.54 Å². The van der Waals surface area contributed by atoms with Gasteiger partial charge in [0.1, 0.15) is 11.3 Å². The van der Waals surface area contributed by atoms with Crippen LogP contribution in [0.5, 0.6) is 0 Å². The zero-order chi connectivity index (χ0) is 15.7. The van der Waals surface area contributed by atoms with Crippen molar-refractivity contribution in [2.24, 2.45) is 0 Å². The first kappa shape index (κ1) is 14.9. The number of benzene rings is 1. The van der Waals surface area contributed by atoms with Crippen molar-refractivity contribution in [3.8, 4) is 0 Å². The molecule has 0 spiro atoms. The van der Waals surface area contributed by atoms with Crippen LogP contribution in [-0.4, -0.2) is 15.3 Å². The number of aryl methyl sites for hydroxylation is 1. The molecule has 1 amide bonds. The maximum atomic E-state index is 12.5. The molecule has 0 atom stereocenters. The molecule has 3 rings (SSSR count). The molecule has 2 heterocycles. The monoisotopic (exact) mass is 333 g/mol. The van der Waals surface area contributed by atoms with E-state index in [9.17, 15) is 4.79 Å². The Kier molecular flexibility index (Phi) is 4.05. The first-order valence-corrected chi connectivity index (χ1v) is 7.47. The number of fused-ring (bicyclic) bond motifs is 1. The van der Waals surface area contributed by atoms with E-state index >= 15 is 0 Å². The number of nitrogens with zero attached hydrogens (tertiary/aromatic N) is 2. The van der Waals surface area contributed by atoms with Gasteiger partial charge in [-0.25, -0.2) is 4.98 Å². The summed E-state index contributed by atoms with van der Waals surface area (Å²) in [6, 6.07) is 10.9. The molecule has 0 saturated heterocycles. The zero-order valence-electron chi connectivity index (χ0n) is 11.8. The summed E-state index contributed by atoms with van der Waals surface area (Å²) in [6.45, 7) is 2.16. The largest absolute Gasteiger partial charge is 0.347 e. The van der Waals surface area contributed by atoms with Crippen molar-refractivity contribution in [1.82, 2.24) is 14.7 Å². The van der Waals surface area contributed by atoms with Crippen LogP contribution in [0.25, 0.3) is 5.65 Å². The lowest BCUT2D eigenvalue weighted by Gasteiger charge is -2.07. The molecule has 112 valence electrons. The number of imidazole rings is 1. The van der Waals surface area contributed by atoms with E-state index in [2.05, 4.69) is 10.3 Å². The number of halogens is 2. The van der Waals surface area contributed by atoms with Crippen molar-refractivity contribution < 1.29 is 4.79 Å². The molecule has 0 saturated carbocycles. The quantitative estimate of drug-likeness (QED) is 0.790. The third-order valence-electron chi connectivity index (χ3n) is 3.37.